The van der Waals surface area contributed by atoms with Crippen LogP contribution in [0.3, 0.4) is 0 Å². The molecule has 0 bridgehead atoms. The summed E-state index contributed by atoms with van der Waals surface area (Å²) in [5, 5.41) is 27.3. The van der Waals surface area contributed by atoms with Crippen molar-refractivity contribution in [3.8, 4) is 6.07 Å². The Kier molecular flexibility index (Phi) is 4.57. The Labute approximate surface area is 102 Å². The number of thiazole rings is 1. The highest BCUT2D eigenvalue weighted by Crippen LogP contribution is 2.26. The summed E-state index contributed by atoms with van der Waals surface area (Å²) in [6, 6.07) is 1.50. The summed E-state index contributed by atoms with van der Waals surface area (Å²) >= 11 is 0.913. The highest BCUT2D eigenvalue weighted by molar-refractivity contribution is 7.13. The van der Waals surface area contributed by atoms with Crippen molar-refractivity contribution in [2.45, 2.75) is 26.1 Å². The minimum atomic E-state index is -1.56. The summed E-state index contributed by atoms with van der Waals surface area (Å²) in [5.74, 6) is -0.521. The highest BCUT2D eigenvalue weighted by Gasteiger charge is 2.25. The number of aliphatic hydroxyl groups is 2. The van der Waals surface area contributed by atoms with Crippen molar-refractivity contribution in [3.05, 3.63) is 15.6 Å². The van der Waals surface area contributed by atoms with E-state index in [0.29, 0.717) is 5.69 Å². The van der Waals surface area contributed by atoms with Crippen molar-refractivity contribution >= 4 is 17.3 Å². The van der Waals surface area contributed by atoms with Crippen LogP contribution in [0.1, 0.15) is 33.4 Å². The lowest BCUT2D eigenvalue weighted by Crippen LogP contribution is -2.15. The number of aliphatic hydroxyl groups excluding tert-OH is 2. The molecule has 0 aliphatic heterocycles. The minimum absolute atomic E-state index is 0.125. The predicted molar refractivity (Wildman–Crippen MR) is 59.4 cm³/mol. The lowest BCUT2D eigenvalue weighted by molar-refractivity contribution is 0.0525. The molecule has 0 fully saturated rings. The average molecular weight is 256 g/mol. The second kappa shape index (κ2) is 5.72. The van der Waals surface area contributed by atoms with E-state index in [1.165, 1.54) is 6.07 Å². The molecule has 0 spiro atoms. The Morgan fingerprint density at radius 3 is 2.82 bits per heavy atom. The van der Waals surface area contributed by atoms with Gasteiger partial charge in [0.15, 0.2) is 6.10 Å². The molecule has 1 aromatic rings. The zero-order valence-corrected chi connectivity index (χ0v) is 10.2. The first-order valence-electron chi connectivity index (χ1n) is 4.91. The molecule has 17 heavy (non-hydrogen) atoms. The van der Waals surface area contributed by atoms with Gasteiger partial charge in [-0.15, -0.1) is 11.3 Å². The Morgan fingerprint density at radius 2 is 2.29 bits per heavy atom. The molecule has 1 heterocycles. The number of rotatable bonds is 4. The van der Waals surface area contributed by atoms with Gasteiger partial charge in [-0.1, -0.05) is 0 Å². The van der Waals surface area contributed by atoms with Crippen LogP contribution in [0.4, 0.5) is 0 Å². The number of ether oxygens (including phenoxy) is 1. The second-order valence-corrected chi connectivity index (χ2v) is 4.24. The molecular formula is C10H12N2O4S. The Hall–Kier alpha value is -1.49. The van der Waals surface area contributed by atoms with Crippen LogP contribution in [0.25, 0.3) is 0 Å². The van der Waals surface area contributed by atoms with Gasteiger partial charge in [-0.2, -0.15) is 5.26 Å². The number of hydrogen-bond donors (Lipinski definition) is 2. The van der Waals surface area contributed by atoms with Crippen molar-refractivity contribution in [1.82, 2.24) is 4.98 Å². The maximum atomic E-state index is 11.5. The van der Waals surface area contributed by atoms with Crippen molar-refractivity contribution in [1.29, 1.82) is 5.26 Å². The second-order valence-electron chi connectivity index (χ2n) is 3.21. The fourth-order valence-corrected chi connectivity index (χ4v) is 2.11. The number of nitrogens with zero attached hydrogens (tertiary/aromatic N) is 2. The molecular weight excluding hydrogens is 244 g/mol. The smallest absolute Gasteiger partial charge is 0.350 e. The average Bonchev–Trinajstić information content (AvgIpc) is 2.69. The van der Waals surface area contributed by atoms with Crippen LogP contribution in [0.15, 0.2) is 0 Å². The molecule has 0 saturated heterocycles. The molecule has 2 atom stereocenters. The fourth-order valence-electron chi connectivity index (χ4n) is 1.14. The molecule has 1 aromatic heterocycles. The van der Waals surface area contributed by atoms with Crippen molar-refractivity contribution in [2.24, 2.45) is 0 Å². The number of nitriles is 1. The third-order valence-electron chi connectivity index (χ3n) is 1.96. The largest absolute Gasteiger partial charge is 0.462 e. The van der Waals surface area contributed by atoms with Crippen LogP contribution in [0.2, 0.25) is 0 Å². The van der Waals surface area contributed by atoms with Gasteiger partial charge in [-0.25, -0.2) is 9.78 Å². The maximum Gasteiger partial charge on any atom is 0.350 e. The molecule has 2 N–H and O–H groups in total. The third-order valence-corrected chi connectivity index (χ3v) is 3.17. The number of carbonyl (C=O) groups is 1. The van der Waals surface area contributed by atoms with Gasteiger partial charge in [0, 0.05) is 0 Å². The van der Waals surface area contributed by atoms with E-state index in [0.717, 1.165) is 11.3 Å². The minimum Gasteiger partial charge on any atom is -0.462 e. The SMILES string of the molecule is CCOC(=O)c1sc(C(O)C(O)C#N)nc1C. The monoisotopic (exact) mass is 256 g/mol. The highest BCUT2D eigenvalue weighted by atomic mass is 32.1. The first kappa shape index (κ1) is 13.6. The first-order chi connectivity index (χ1) is 8.01. The molecule has 2 unspecified atom stereocenters. The van der Waals surface area contributed by atoms with E-state index in [2.05, 4.69) is 4.98 Å². The quantitative estimate of drug-likeness (QED) is 0.602. The summed E-state index contributed by atoms with van der Waals surface area (Å²) in [6.45, 7) is 3.52. The molecule has 0 radical (unpaired) electrons. The van der Waals surface area contributed by atoms with Crippen LogP contribution in [0, 0.1) is 18.3 Å². The maximum absolute atomic E-state index is 11.5. The van der Waals surface area contributed by atoms with Gasteiger partial charge in [0.25, 0.3) is 0 Å². The standard InChI is InChI=1S/C10H12N2O4S/c1-3-16-10(15)8-5(2)12-9(17-8)7(14)6(13)4-11/h6-7,13-14H,3H2,1-2H3. The molecule has 7 heteroatoms. The van der Waals surface area contributed by atoms with E-state index >= 15 is 0 Å². The van der Waals surface area contributed by atoms with E-state index in [1.54, 1.807) is 13.8 Å². The van der Waals surface area contributed by atoms with Gasteiger partial charge in [0.2, 0.25) is 0 Å². The third kappa shape index (κ3) is 3.00. The molecule has 0 aliphatic rings. The number of aryl methyl sites for hydroxylation is 1. The zero-order valence-electron chi connectivity index (χ0n) is 9.38. The van der Waals surface area contributed by atoms with E-state index in [1.807, 2.05) is 0 Å². The van der Waals surface area contributed by atoms with E-state index in [4.69, 9.17) is 15.1 Å². The molecule has 0 saturated carbocycles. The molecule has 0 aromatic carbocycles. The topological polar surface area (TPSA) is 103 Å². The van der Waals surface area contributed by atoms with Gasteiger partial charge in [0.05, 0.1) is 18.4 Å². The van der Waals surface area contributed by atoms with Crippen LogP contribution in [0.5, 0.6) is 0 Å². The fraction of sp³-hybridized carbons (Fsp3) is 0.500. The lowest BCUT2D eigenvalue weighted by Gasteiger charge is -2.06. The van der Waals surface area contributed by atoms with E-state index < -0.39 is 18.2 Å². The van der Waals surface area contributed by atoms with Gasteiger partial charge >= 0.3 is 5.97 Å². The van der Waals surface area contributed by atoms with Crippen LogP contribution >= 0.6 is 11.3 Å². The van der Waals surface area contributed by atoms with Gasteiger partial charge in [0.1, 0.15) is 16.0 Å². The zero-order chi connectivity index (χ0) is 13.0. The van der Waals surface area contributed by atoms with Crippen LogP contribution < -0.4 is 0 Å². The first-order valence-corrected chi connectivity index (χ1v) is 5.73. The summed E-state index contributed by atoms with van der Waals surface area (Å²) in [4.78, 5) is 15.7. The molecule has 92 valence electrons. The molecule has 1 rings (SSSR count). The van der Waals surface area contributed by atoms with Crippen molar-refractivity contribution < 1.29 is 19.7 Å². The van der Waals surface area contributed by atoms with Gasteiger partial charge < -0.3 is 14.9 Å². The summed E-state index contributed by atoms with van der Waals surface area (Å²) in [5.41, 5.74) is 0.410. The molecule has 0 aliphatic carbocycles. The number of hydrogen-bond acceptors (Lipinski definition) is 7. The summed E-state index contributed by atoms with van der Waals surface area (Å²) < 4.78 is 4.81. The van der Waals surface area contributed by atoms with Crippen LogP contribution in [-0.2, 0) is 4.74 Å². The Balaban J connectivity index is 2.96. The predicted octanol–water partition coefficient (Wildman–Crippen LogP) is 0.546. The van der Waals surface area contributed by atoms with Gasteiger partial charge in [-0.3, -0.25) is 0 Å². The number of esters is 1. The number of carbonyl (C=O) groups excluding carboxylic acids is 1. The number of aromatic nitrogens is 1. The summed E-state index contributed by atoms with van der Waals surface area (Å²) in [7, 11) is 0. The van der Waals surface area contributed by atoms with Crippen molar-refractivity contribution in [2.75, 3.05) is 6.61 Å². The van der Waals surface area contributed by atoms with E-state index in [-0.39, 0.29) is 16.5 Å². The summed E-state index contributed by atoms with van der Waals surface area (Å²) in [6.07, 6.45) is -2.97. The van der Waals surface area contributed by atoms with Crippen molar-refractivity contribution in [3.63, 3.8) is 0 Å². The normalized spacial score (nSPS) is 13.8. The lowest BCUT2D eigenvalue weighted by atomic mass is 10.2. The van der Waals surface area contributed by atoms with E-state index in [9.17, 15) is 9.90 Å². The molecule has 0 amide bonds. The van der Waals surface area contributed by atoms with Gasteiger partial charge in [-0.05, 0) is 13.8 Å². The Bertz CT molecular complexity index is 452. The van der Waals surface area contributed by atoms with Crippen LogP contribution in [-0.4, -0.2) is 33.9 Å². The molecule has 6 nitrogen and oxygen atoms in total. The Morgan fingerprint density at radius 1 is 1.65 bits per heavy atom.